The van der Waals surface area contributed by atoms with Crippen molar-refractivity contribution in [1.82, 2.24) is 15.0 Å². The topological polar surface area (TPSA) is 117 Å². The molecule has 0 fully saturated rings. The summed E-state index contributed by atoms with van der Waals surface area (Å²) >= 11 is 0. The Morgan fingerprint density at radius 3 is 2.19 bits per heavy atom. The molecule has 0 spiro atoms. The number of hydrogen-bond donors (Lipinski definition) is 2. The Hall–Kier alpha value is -2.75. The van der Waals surface area contributed by atoms with E-state index in [1.54, 1.807) is 60.8 Å². The molecule has 0 radical (unpaired) electrons. The first-order chi connectivity index (χ1) is 12.2. The number of carboxylic acids is 1. The maximum absolute atomic E-state index is 11.9. The van der Waals surface area contributed by atoms with Crippen molar-refractivity contribution < 1.29 is 18.3 Å². The molecule has 1 aliphatic rings. The molecular formula is C17H18N4O4S. The second-order valence-electron chi connectivity index (χ2n) is 5.92. The van der Waals surface area contributed by atoms with Crippen LogP contribution in [0.4, 0.5) is 0 Å². The van der Waals surface area contributed by atoms with Crippen LogP contribution >= 0.6 is 0 Å². The second-order valence-corrected chi connectivity index (χ2v) is 7.48. The lowest BCUT2D eigenvalue weighted by atomic mass is 9.93. The van der Waals surface area contributed by atoms with E-state index >= 15 is 0 Å². The Balaban J connectivity index is 2.17. The van der Waals surface area contributed by atoms with Crippen LogP contribution in [0.5, 0.6) is 0 Å². The van der Waals surface area contributed by atoms with Gasteiger partial charge in [0.1, 0.15) is 5.70 Å². The van der Waals surface area contributed by atoms with Gasteiger partial charge in [0.25, 0.3) is 0 Å². The molecule has 1 atom stereocenters. The Bertz CT molecular complexity index is 972. The van der Waals surface area contributed by atoms with Crippen LogP contribution in [0, 0.1) is 0 Å². The van der Waals surface area contributed by atoms with Crippen molar-refractivity contribution in [2.45, 2.75) is 10.9 Å². The van der Waals surface area contributed by atoms with Crippen molar-refractivity contribution in [2.24, 2.45) is 5.14 Å². The van der Waals surface area contributed by atoms with E-state index in [0.717, 1.165) is 11.1 Å². The van der Waals surface area contributed by atoms with Crippen LogP contribution in [0.3, 0.4) is 0 Å². The van der Waals surface area contributed by atoms with Crippen molar-refractivity contribution in [2.75, 3.05) is 14.1 Å². The first-order valence-corrected chi connectivity index (χ1v) is 9.23. The van der Waals surface area contributed by atoms with Gasteiger partial charge in [-0.3, -0.25) is 4.98 Å². The van der Waals surface area contributed by atoms with Gasteiger partial charge in [-0.2, -0.15) is 0 Å². The smallest absolute Gasteiger partial charge is 0.353 e. The number of hydrazine groups is 1. The average Bonchev–Trinajstić information content (AvgIpc) is 2.87. The fraction of sp³-hybridized carbons (Fsp3) is 0.176. The third-order valence-electron chi connectivity index (χ3n) is 4.42. The summed E-state index contributed by atoms with van der Waals surface area (Å²) in [4.78, 5) is 15.9. The minimum atomic E-state index is -3.80. The predicted octanol–water partition coefficient (Wildman–Crippen LogP) is 1.06. The van der Waals surface area contributed by atoms with Gasteiger partial charge < -0.3 is 10.1 Å². The quantitative estimate of drug-likeness (QED) is 0.822. The highest BCUT2D eigenvalue weighted by molar-refractivity contribution is 7.89. The third kappa shape index (κ3) is 3.07. The van der Waals surface area contributed by atoms with Crippen LogP contribution in [0.25, 0.3) is 5.57 Å². The van der Waals surface area contributed by atoms with Crippen LogP contribution in [-0.4, -0.2) is 48.6 Å². The number of aliphatic carboxylic acids is 1. The lowest BCUT2D eigenvalue weighted by Crippen LogP contribution is -2.34. The summed E-state index contributed by atoms with van der Waals surface area (Å²) in [6.07, 6.45) is 3.20. The van der Waals surface area contributed by atoms with Gasteiger partial charge in [0.2, 0.25) is 10.0 Å². The summed E-state index contributed by atoms with van der Waals surface area (Å²) in [7, 11) is -0.353. The fourth-order valence-electron chi connectivity index (χ4n) is 3.12. The van der Waals surface area contributed by atoms with Crippen LogP contribution in [0.15, 0.2) is 59.4 Å². The third-order valence-corrected chi connectivity index (χ3v) is 5.35. The number of rotatable bonds is 4. The zero-order valence-corrected chi connectivity index (χ0v) is 15.0. The number of pyridine rings is 1. The molecule has 1 aliphatic heterocycles. The zero-order chi connectivity index (χ0) is 19.1. The normalized spacial score (nSPS) is 18.4. The van der Waals surface area contributed by atoms with Crippen molar-refractivity contribution in [3.63, 3.8) is 0 Å². The van der Waals surface area contributed by atoms with Crippen LogP contribution in [0.2, 0.25) is 0 Å². The van der Waals surface area contributed by atoms with Crippen molar-refractivity contribution >= 4 is 21.6 Å². The van der Waals surface area contributed by atoms with Crippen LogP contribution < -0.4 is 5.14 Å². The van der Waals surface area contributed by atoms with Crippen LogP contribution in [-0.2, 0) is 14.8 Å². The number of primary sulfonamides is 1. The molecule has 8 nitrogen and oxygen atoms in total. The van der Waals surface area contributed by atoms with Crippen molar-refractivity contribution in [3.8, 4) is 0 Å². The Kier molecular flexibility index (Phi) is 4.53. The molecule has 1 unspecified atom stereocenters. The molecule has 1 aromatic heterocycles. The Labute approximate surface area is 151 Å². The molecule has 136 valence electrons. The molecule has 26 heavy (non-hydrogen) atoms. The van der Waals surface area contributed by atoms with E-state index in [2.05, 4.69) is 4.98 Å². The molecule has 0 amide bonds. The van der Waals surface area contributed by atoms with Gasteiger partial charge in [-0.25, -0.2) is 23.4 Å². The number of aromatic nitrogens is 1. The highest BCUT2D eigenvalue weighted by atomic mass is 32.2. The summed E-state index contributed by atoms with van der Waals surface area (Å²) < 4.78 is 22.9. The van der Waals surface area contributed by atoms with E-state index in [4.69, 9.17) is 5.14 Å². The number of likely N-dealkylation sites (N-methyl/N-ethyl adjacent to an activating group) is 2. The van der Waals surface area contributed by atoms with Gasteiger partial charge in [0.05, 0.1) is 10.9 Å². The van der Waals surface area contributed by atoms with Crippen molar-refractivity contribution in [1.29, 1.82) is 0 Å². The number of carboxylic acid groups (broad SMARTS) is 1. The van der Waals surface area contributed by atoms with E-state index in [1.807, 2.05) is 0 Å². The highest BCUT2D eigenvalue weighted by Crippen LogP contribution is 2.43. The number of benzene rings is 1. The van der Waals surface area contributed by atoms with Crippen LogP contribution in [0.1, 0.15) is 17.2 Å². The molecular weight excluding hydrogens is 356 g/mol. The standard InChI is InChI=1S/C17H18N4O4S/c1-20-15(12-3-5-13(6-4-12)26(18,24)25)14(11-7-9-19-10-8-11)16(17(22)23)21(20)2/h3-10,15H,1-2H3,(H,22,23)(H2,18,24,25). The summed E-state index contributed by atoms with van der Waals surface area (Å²) in [6.45, 7) is 0. The molecule has 2 heterocycles. The molecule has 3 rings (SSSR count). The monoisotopic (exact) mass is 374 g/mol. The first-order valence-electron chi connectivity index (χ1n) is 7.69. The van der Waals surface area contributed by atoms with E-state index in [9.17, 15) is 18.3 Å². The molecule has 0 saturated carbocycles. The SMILES string of the molecule is CN1C(C(=O)O)=C(c2ccncc2)C(c2ccc(S(N)(=O)=O)cc2)N1C. The summed E-state index contributed by atoms with van der Waals surface area (Å²) in [5.41, 5.74) is 2.23. The number of hydrogen-bond acceptors (Lipinski definition) is 6. The summed E-state index contributed by atoms with van der Waals surface area (Å²) in [6, 6.07) is 9.21. The molecule has 0 saturated heterocycles. The lowest BCUT2D eigenvalue weighted by Gasteiger charge is -2.28. The van der Waals surface area contributed by atoms with E-state index in [1.165, 1.54) is 12.1 Å². The largest absolute Gasteiger partial charge is 0.477 e. The first kappa shape index (κ1) is 18.1. The van der Waals surface area contributed by atoms with Gasteiger partial charge in [-0.1, -0.05) is 12.1 Å². The van der Waals surface area contributed by atoms with E-state index in [-0.39, 0.29) is 10.6 Å². The zero-order valence-electron chi connectivity index (χ0n) is 14.2. The minimum absolute atomic E-state index is 0.00292. The minimum Gasteiger partial charge on any atom is -0.477 e. The Morgan fingerprint density at radius 1 is 1.12 bits per heavy atom. The Morgan fingerprint density at radius 2 is 1.69 bits per heavy atom. The maximum atomic E-state index is 11.9. The highest BCUT2D eigenvalue weighted by Gasteiger charge is 2.39. The number of nitrogens with zero attached hydrogens (tertiary/aromatic N) is 3. The van der Waals surface area contributed by atoms with Gasteiger partial charge in [-0.05, 0) is 35.4 Å². The van der Waals surface area contributed by atoms with Gasteiger partial charge >= 0.3 is 5.97 Å². The van der Waals surface area contributed by atoms with Gasteiger partial charge in [-0.15, -0.1) is 0 Å². The molecule has 0 bridgehead atoms. The van der Waals surface area contributed by atoms with Gasteiger partial charge in [0.15, 0.2) is 0 Å². The molecule has 3 N–H and O–H groups in total. The second kappa shape index (κ2) is 6.52. The number of sulfonamides is 1. The van der Waals surface area contributed by atoms with Gasteiger partial charge in [0, 0.05) is 32.1 Å². The molecule has 2 aromatic rings. The molecule has 9 heteroatoms. The van der Waals surface area contributed by atoms with Crippen molar-refractivity contribution in [3.05, 3.63) is 65.6 Å². The summed E-state index contributed by atoms with van der Waals surface area (Å²) in [5.74, 6) is -1.05. The maximum Gasteiger partial charge on any atom is 0.353 e. The number of carbonyl (C=O) groups is 1. The molecule has 0 aliphatic carbocycles. The average molecular weight is 374 g/mol. The molecule has 1 aromatic carbocycles. The summed E-state index contributed by atoms with van der Waals surface area (Å²) in [5, 5.41) is 18.2. The lowest BCUT2D eigenvalue weighted by molar-refractivity contribution is -0.135. The van der Waals surface area contributed by atoms with E-state index < -0.39 is 22.0 Å². The number of nitrogens with two attached hydrogens (primary N) is 1. The fourth-order valence-corrected chi connectivity index (χ4v) is 3.64. The predicted molar refractivity (Wildman–Crippen MR) is 94.9 cm³/mol. The van der Waals surface area contributed by atoms with E-state index in [0.29, 0.717) is 5.57 Å².